The molecule has 43 heavy (non-hydrogen) atoms. The van der Waals surface area contributed by atoms with Gasteiger partial charge in [-0.05, 0) is 62.1 Å². The van der Waals surface area contributed by atoms with Crippen LogP contribution >= 0.6 is 0 Å². The number of fused-ring (bicyclic) bond motifs is 1. The number of unbranched alkanes of at least 4 members (excludes halogenated alkanes) is 4. The SMILES string of the molecule is CCCCCS(=O)(=O)N(c1ccc(OC2c3ccccc3CC2(C(=O)OCC)C(=O)OCC)cc1)S(=O)(=O)CCCCC. The molecule has 238 valence electrons. The lowest BCUT2D eigenvalue weighted by Gasteiger charge is -2.31. The van der Waals surface area contributed by atoms with Crippen molar-refractivity contribution in [2.45, 2.75) is 78.7 Å². The van der Waals surface area contributed by atoms with Gasteiger partial charge in [0.05, 0.1) is 30.4 Å². The van der Waals surface area contributed by atoms with Gasteiger partial charge in [-0.15, -0.1) is 0 Å². The number of anilines is 1. The summed E-state index contributed by atoms with van der Waals surface area (Å²) in [7, 11) is -8.38. The van der Waals surface area contributed by atoms with Crippen molar-refractivity contribution in [3.05, 3.63) is 59.7 Å². The van der Waals surface area contributed by atoms with Gasteiger partial charge in [0, 0.05) is 6.42 Å². The predicted molar refractivity (Wildman–Crippen MR) is 165 cm³/mol. The number of carbonyl (C=O) groups excluding carboxylic acids is 2. The average molecular weight is 638 g/mol. The molecule has 0 saturated heterocycles. The second-order valence-corrected chi connectivity index (χ2v) is 14.6. The molecule has 0 aliphatic heterocycles. The Labute approximate surface area is 255 Å². The smallest absolute Gasteiger partial charge is 0.328 e. The van der Waals surface area contributed by atoms with Crippen molar-refractivity contribution < 1.29 is 40.6 Å². The Morgan fingerprint density at radius 3 is 1.77 bits per heavy atom. The lowest BCUT2D eigenvalue weighted by molar-refractivity contribution is -0.178. The van der Waals surface area contributed by atoms with Crippen LogP contribution in [0.2, 0.25) is 0 Å². The van der Waals surface area contributed by atoms with Crippen LogP contribution in [0.25, 0.3) is 0 Å². The lowest BCUT2D eigenvalue weighted by Crippen LogP contribution is -2.47. The van der Waals surface area contributed by atoms with E-state index in [4.69, 9.17) is 14.2 Å². The summed E-state index contributed by atoms with van der Waals surface area (Å²) in [6.07, 6.45) is 2.48. The first-order valence-electron chi connectivity index (χ1n) is 14.9. The van der Waals surface area contributed by atoms with Gasteiger partial charge in [0.25, 0.3) is 0 Å². The molecule has 0 bridgehead atoms. The molecule has 0 spiro atoms. The summed E-state index contributed by atoms with van der Waals surface area (Å²) in [5.41, 5.74) is -0.487. The summed E-state index contributed by atoms with van der Waals surface area (Å²) >= 11 is 0. The Morgan fingerprint density at radius 2 is 1.28 bits per heavy atom. The van der Waals surface area contributed by atoms with Crippen molar-refractivity contribution in [3.8, 4) is 5.75 Å². The third kappa shape index (κ3) is 7.70. The van der Waals surface area contributed by atoms with Gasteiger partial charge in [-0.1, -0.05) is 63.8 Å². The van der Waals surface area contributed by atoms with Crippen molar-refractivity contribution in [1.29, 1.82) is 0 Å². The van der Waals surface area contributed by atoms with Crippen LogP contribution in [0.5, 0.6) is 5.75 Å². The van der Waals surface area contributed by atoms with E-state index in [2.05, 4.69) is 0 Å². The molecule has 0 fully saturated rings. The highest BCUT2D eigenvalue weighted by Crippen LogP contribution is 2.50. The van der Waals surface area contributed by atoms with Crippen molar-refractivity contribution in [3.63, 3.8) is 0 Å². The lowest BCUT2D eigenvalue weighted by atomic mass is 9.82. The number of nitrogens with zero attached hydrogens (tertiary/aromatic N) is 1. The van der Waals surface area contributed by atoms with E-state index in [1.807, 2.05) is 13.8 Å². The number of hydrogen-bond donors (Lipinski definition) is 0. The van der Waals surface area contributed by atoms with Crippen LogP contribution in [0.15, 0.2) is 48.5 Å². The molecule has 0 N–H and O–H groups in total. The molecule has 0 heterocycles. The molecule has 0 saturated carbocycles. The molecular formula is C31H43NO9S2. The fraction of sp³-hybridized carbons (Fsp3) is 0.548. The van der Waals surface area contributed by atoms with Gasteiger partial charge in [0.15, 0.2) is 6.10 Å². The average Bonchev–Trinajstić information content (AvgIpc) is 3.29. The van der Waals surface area contributed by atoms with Crippen LogP contribution in [0, 0.1) is 5.41 Å². The van der Waals surface area contributed by atoms with E-state index < -0.39 is 43.5 Å². The van der Waals surface area contributed by atoms with Crippen LogP contribution in [-0.4, -0.2) is 53.5 Å². The number of rotatable bonds is 17. The van der Waals surface area contributed by atoms with Gasteiger partial charge in [0.2, 0.25) is 25.5 Å². The molecule has 0 aromatic heterocycles. The number of carbonyl (C=O) groups is 2. The zero-order valence-corrected chi connectivity index (χ0v) is 27.0. The molecular weight excluding hydrogens is 594 g/mol. The van der Waals surface area contributed by atoms with Crippen molar-refractivity contribution in [2.24, 2.45) is 5.41 Å². The first-order valence-corrected chi connectivity index (χ1v) is 18.1. The maximum atomic E-state index is 13.4. The standard InChI is InChI=1S/C31H43NO9S2/c1-5-9-13-21-42(35,36)32(43(37,38)22-14-10-6-2)25-17-19-26(20-18-25)41-28-27-16-12-11-15-24(27)23-31(28,29(33)39-7-3)30(34)40-8-4/h11-12,15-20,28H,5-10,13-14,21-23H2,1-4H3. The minimum atomic E-state index is -4.19. The first-order chi connectivity index (χ1) is 20.5. The monoisotopic (exact) mass is 637 g/mol. The summed E-state index contributed by atoms with van der Waals surface area (Å²) in [5.74, 6) is -1.93. The van der Waals surface area contributed by atoms with Gasteiger partial charge >= 0.3 is 11.9 Å². The molecule has 1 aliphatic rings. The molecule has 3 rings (SSSR count). The summed E-state index contributed by atoms with van der Waals surface area (Å²) < 4.78 is 71.0. The Bertz CT molecular complexity index is 1400. The van der Waals surface area contributed by atoms with Gasteiger partial charge < -0.3 is 14.2 Å². The quantitative estimate of drug-likeness (QED) is 0.128. The second-order valence-electron chi connectivity index (χ2n) is 10.5. The molecule has 1 aliphatic carbocycles. The predicted octanol–water partition coefficient (Wildman–Crippen LogP) is 5.32. The van der Waals surface area contributed by atoms with Crippen molar-refractivity contribution in [2.75, 3.05) is 28.4 Å². The maximum absolute atomic E-state index is 13.4. The zero-order valence-electron chi connectivity index (χ0n) is 25.4. The van der Waals surface area contributed by atoms with Crippen LogP contribution in [0.4, 0.5) is 5.69 Å². The first kappa shape index (κ1) is 34.4. The Hall–Kier alpha value is -3.12. The topological polar surface area (TPSA) is 133 Å². The van der Waals surface area contributed by atoms with Crippen molar-refractivity contribution >= 4 is 37.7 Å². The number of benzene rings is 2. The normalized spacial score (nSPS) is 15.9. The molecule has 0 amide bonds. The molecule has 2 aromatic carbocycles. The van der Waals surface area contributed by atoms with Gasteiger partial charge in [-0.25, -0.2) is 16.8 Å². The summed E-state index contributed by atoms with van der Waals surface area (Å²) in [6, 6.07) is 12.7. The molecule has 1 unspecified atom stereocenters. The highest BCUT2D eigenvalue weighted by molar-refractivity contribution is 8.10. The highest BCUT2D eigenvalue weighted by Gasteiger charge is 2.61. The number of sulfonamides is 2. The summed E-state index contributed by atoms with van der Waals surface area (Å²) in [4.78, 5) is 26.8. The molecule has 0 radical (unpaired) electrons. The van der Waals surface area contributed by atoms with E-state index in [1.54, 1.807) is 38.1 Å². The highest BCUT2D eigenvalue weighted by atomic mass is 32.3. The number of hydrogen-bond acceptors (Lipinski definition) is 9. The molecule has 10 nitrogen and oxygen atoms in total. The summed E-state index contributed by atoms with van der Waals surface area (Å²) in [5, 5.41) is 0. The van der Waals surface area contributed by atoms with Crippen LogP contribution < -0.4 is 8.45 Å². The van der Waals surface area contributed by atoms with Crippen LogP contribution in [-0.2, 0) is 45.5 Å². The third-order valence-corrected chi connectivity index (χ3v) is 11.8. The Morgan fingerprint density at radius 1 is 0.767 bits per heavy atom. The third-order valence-electron chi connectivity index (χ3n) is 7.35. The second kappa shape index (κ2) is 15.1. The van der Waals surface area contributed by atoms with Gasteiger partial charge in [-0.3, -0.25) is 9.59 Å². The van der Waals surface area contributed by atoms with E-state index in [0.29, 0.717) is 35.0 Å². The van der Waals surface area contributed by atoms with Crippen LogP contribution in [0.3, 0.4) is 0 Å². The fourth-order valence-corrected chi connectivity index (χ4v) is 9.43. The number of ether oxygens (including phenoxy) is 3. The summed E-state index contributed by atoms with van der Waals surface area (Å²) in [6.45, 7) is 7.26. The zero-order chi connectivity index (χ0) is 31.7. The maximum Gasteiger partial charge on any atom is 0.328 e. The molecule has 12 heteroatoms. The fourth-order valence-electron chi connectivity index (χ4n) is 5.25. The van der Waals surface area contributed by atoms with Gasteiger partial charge in [-0.2, -0.15) is 3.71 Å². The van der Waals surface area contributed by atoms with E-state index in [-0.39, 0.29) is 42.6 Å². The number of esters is 2. The largest absolute Gasteiger partial charge is 0.484 e. The van der Waals surface area contributed by atoms with E-state index in [0.717, 1.165) is 18.4 Å². The van der Waals surface area contributed by atoms with Crippen molar-refractivity contribution in [1.82, 2.24) is 0 Å². The van der Waals surface area contributed by atoms with E-state index in [9.17, 15) is 26.4 Å². The van der Waals surface area contributed by atoms with E-state index in [1.165, 1.54) is 24.3 Å². The molecule has 1 atom stereocenters. The minimum Gasteiger partial charge on any atom is -0.484 e. The Kier molecular flexibility index (Phi) is 12.0. The van der Waals surface area contributed by atoms with Gasteiger partial charge in [0.1, 0.15) is 5.75 Å². The minimum absolute atomic E-state index is 0.0172. The Balaban J connectivity index is 2.03. The van der Waals surface area contributed by atoms with Crippen LogP contribution in [0.1, 0.15) is 83.5 Å². The van der Waals surface area contributed by atoms with E-state index >= 15 is 0 Å². The molecule has 2 aromatic rings.